The van der Waals surface area contributed by atoms with Gasteiger partial charge in [0.1, 0.15) is 6.04 Å². The van der Waals surface area contributed by atoms with Gasteiger partial charge >= 0.3 is 0 Å². The Morgan fingerprint density at radius 2 is 1.77 bits per heavy atom. The van der Waals surface area contributed by atoms with Crippen molar-refractivity contribution in [2.75, 3.05) is 18.4 Å². The van der Waals surface area contributed by atoms with Crippen LogP contribution in [0.1, 0.15) is 25.5 Å². The molecule has 2 aromatic carbocycles. The first kappa shape index (κ1) is 16.5. The van der Waals surface area contributed by atoms with Gasteiger partial charge in [0.25, 0.3) is 0 Å². The van der Waals surface area contributed by atoms with Crippen LogP contribution in [-0.4, -0.2) is 23.9 Å². The van der Waals surface area contributed by atoms with Gasteiger partial charge in [0, 0.05) is 10.7 Å². The summed E-state index contributed by atoms with van der Waals surface area (Å²) in [5.74, 6) is -0.0443. The number of carbonyl (C=O) groups is 1. The van der Waals surface area contributed by atoms with Crippen LogP contribution in [0.15, 0.2) is 54.6 Å². The van der Waals surface area contributed by atoms with E-state index in [1.165, 1.54) is 0 Å². The van der Waals surface area contributed by atoms with Crippen LogP contribution in [0.4, 0.5) is 5.69 Å². The molecule has 0 heterocycles. The topological polar surface area (TPSA) is 32.3 Å². The Bertz CT molecular complexity index is 611. The largest absolute Gasteiger partial charge is 0.324 e. The molecule has 4 heteroatoms. The Labute approximate surface area is 136 Å². The smallest absolute Gasteiger partial charge is 0.246 e. The summed E-state index contributed by atoms with van der Waals surface area (Å²) in [7, 11) is 0. The van der Waals surface area contributed by atoms with Crippen molar-refractivity contribution in [1.82, 2.24) is 4.90 Å². The normalized spacial score (nSPS) is 12.2. The molecule has 0 bridgehead atoms. The highest BCUT2D eigenvalue weighted by Crippen LogP contribution is 2.23. The van der Waals surface area contributed by atoms with Gasteiger partial charge in [0.2, 0.25) is 5.91 Å². The Morgan fingerprint density at radius 1 is 1.09 bits per heavy atom. The lowest BCUT2D eigenvalue weighted by Crippen LogP contribution is -2.37. The molecule has 0 saturated carbocycles. The fraction of sp³-hybridized carbons (Fsp3) is 0.278. The first-order chi connectivity index (χ1) is 10.7. The van der Waals surface area contributed by atoms with Gasteiger partial charge < -0.3 is 5.32 Å². The van der Waals surface area contributed by atoms with Crippen molar-refractivity contribution in [1.29, 1.82) is 0 Å². The lowest BCUT2D eigenvalue weighted by Gasteiger charge is -2.29. The standard InChI is InChI=1S/C18H21ClN2O/c1-3-21(4-2)17(14-9-6-5-7-10-14)18(22)20-16-12-8-11-15(19)13-16/h5-13,17H,3-4H2,1-2H3,(H,20,22). The molecule has 0 spiro atoms. The summed E-state index contributed by atoms with van der Waals surface area (Å²) >= 11 is 5.98. The molecule has 116 valence electrons. The third-order valence-electron chi connectivity index (χ3n) is 3.63. The Kier molecular flexibility index (Phi) is 5.99. The molecule has 2 rings (SSSR count). The maximum Gasteiger partial charge on any atom is 0.246 e. The molecule has 3 nitrogen and oxygen atoms in total. The molecular weight excluding hydrogens is 296 g/mol. The quantitative estimate of drug-likeness (QED) is 0.858. The fourth-order valence-corrected chi connectivity index (χ4v) is 2.72. The van der Waals surface area contributed by atoms with Gasteiger partial charge in [0.15, 0.2) is 0 Å². The number of hydrogen-bond acceptors (Lipinski definition) is 2. The summed E-state index contributed by atoms with van der Waals surface area (Å²) in [6.45, 7) is 5.73. The number of hydrogen-bond donors (Lipinski definition) is 1. The van der Waals surface area contributed by atoms with Crippen LogP contribution < -0.4 is 5.32 Å². The average Bonchev–Trinajstić information content (AvgIpc) is 2.53. The molecule has 0 aliphatic heterocycles. The van der Waals surface area contributed by atoms with Gasteiger partial charge in [-0.1, -0.05) is 61.8 Å². The van der Waals surface area contributed by atoms with Gasteiger partial charge in [-0.3, -0.25) is 9.69 Å². The second-order valence-electron chi connectivity index (χ2n) is 5.03. The van der Waals surface area contributed by atoms with E-state index in [-0.39, 0.29) is 11.9 Å². The third kappa shape index (κ3) is 4.09. The summed E-state index contributed by atoms with van der Waals surface area (Å²) in [6.07, 6.45) is 0. The molecule has 1 amide bonds. The molecule has 1 unspecified atom stereocenters. The maximum absolute atomic E-state index is 12.8. The highest BCUT2D eigenvalue weighted by atomic mass is 35.5. The SMILES string of the molecule is CCN(CC)C(C(=O)Nc1cccc(Cl)c1)c1ccccc1. The zero-order valence-electron chi connectivity index (χ0n) is 12.9. The number of halogens is 1. The van der Waals surface area contributed by atoms with E-state index in [4.69, 9.17) is 11.6 Å². The van der Waals surface area contributed by atoms with E-state index in [9.17, 15) is 4.79 Å². The van der Waals surface area contributed by atoms with E-state index in [1.54, 1.807) is 12.1 Å². The Balaban J connectivity index is 2.26. The predicted octanol–water partition coefficient (Wildman–Crippen LogP) is 4.36. The summed E-state index contributed by atoms with van der Waals surface area (Å²) in [5, 5.41) is 3.57. The van der Waals surface area contributed by atoms with E-state index in [0.29, 0.717) is 10.7 Å². The molecule has 0 aliphatic rings. The highest BCUT2D eigenvalue weighted by Gasteiger charge is 2.25. The second-order valence-corrected chi connectivity index (χ2v) is 5.47. The highest BCUT2D eigenvalue weighted by molar-refractivity contribution is 6.30. The Morgan fingerprint density at radius 3 is 2.36 bits per heavy atom. The van der Waals surface area contributed by atoms with Gasteiger partial charge in [-0.05, 0) is 36.9 Å². The number of benzene rings is 2. The van der Waals surface area contributed by atoms with Gasteiger partial charge in [-0.2, -0.15) is 0 Å². The third-order valence-corrected chi connectivity index (χ3v) is 3.87. The van der Waals surface area contributed by atoms with Crippen LogP contribution in [0.2, 0.25) is 5.02 Å². The van der Waals surface area contributed by atoms with E-state index in [1.807, 2.05) is 42.5 Å². The van der Waals surface area contributed by atoms with Gasteiger partial charge in [0.05, 0.1) is 0 Å². The lowest BCUT2D eigenvalue weighted by molar-refractivity contribution is -0.121. The van der Waals surface area contributed by atoms with Crippen LogP contribution in [0, 0.1) is 0 Å². The minimum absolute atomic E-state index is 0.0443. The van der Waals surface area contributed by atoms with Crippen molar-refractivity contribution in [3.63, 3.8) is 0 Å². The van der Waals surface area contributed by atoms with Crippen LogP contribution in [0.3, 0.4) is 0 Å². The number of nitrogens with zero attached hydrogens (tertiary/aromatic N) is 1. The number of carbonyl (C=O) groups excluding carboxylic acids is 1. The molecule has 0 saturated heterocycles. The first-order valence-corrected chi connectivity index (χ1v) is 7.89. The van der Waals surface area contributed by atoms with Crippen LogP contribution >= 0.6 is 11.6 Å². The number of anilines is 1. The van der Waals surface area contributed by atoms with E-state index in [2.05, 4.69) is 24.1 Å². The Hall–Kier alpha value is -1.84. The summed E-state index contributed by atoms with van der Waals surface area (Å²) in [4.78, 5) is 14.9. The molecule has 0 aromatic heterocycles. The van der Waals surface area contributed by atoms with Crippen molar-refractivity contribution in [2.45, 2.75) is 19.9 Å². The van der Waals surface area contributed by atoms with Crippen molar-refractivity contribution >= 4 is 23.2 Å². The number of amides is 1. The van der Waals surface area contributed by atoms with Crippen LogP contribution in [-0.2, 0) is 4.79 Å². The number of nitrogens with one attached hydrogen (secondary N) is 1. The molecular formula is C18H21ClN2O. The van der Waals surface area contributed by atoms with Crippen molar-refractivity contribution in [3.8, 4) is 0 Å². The van der Waals surface area contributed by atoms with Crippen LogP contribution in [0.25, 0.3) is 0 Å². The zero-order chi connectivity index (χ0) is 15.9. The van der Waals surface area contributed by atoms with Crippen molar-refractivity contribution in [2.24, 2.45) is 0 Å². The molecule has 0 aliphatic carbocycles. The van der Waals surface area contributed by atoms with Crippen LogP contribution in [0.5, 0.6) is 0 Å². The second kappa shape index (κ2) is 7.97. The van der Waals surface area contributed by atoms with E-state index in [0.717, 1.165) is 18.7 Å². The molecule has 1 atom stereocenters. The monoisotopic (exact) mass is 316 g/mol. The summed E-state index contributed by atoms with van der Waals surface area (Å²) < 4.78 is 0. The molecule has 0 radical (unpaired) electrons. The molecule has 0 fully saturated rings. The van der Waals surface area contributed by atoms with E-state index < -0.39 is 0 Å². The number of likely N-dealkylation sites (N-methyl/N-ethyl adjacent to an activating group) is 1. The van der Waals surface area contributed by atoms with Gasteiger partial charge in [-0.25, -0.2) is 0 Å². The molecule has 2 aromatic rings. The fourth-order valence-electron chi connectivity index (χ4n) is 2.53. The van der Waals surface area contributed by atoms with Gasteiger partial charge in [-0.15, -0.1) is 0 Å². The minimum Gasteiger partial charge on any atom is -0.324 e. The number of rotatable bonds is 6. The lowest BCUT2D eigenvalue weighted by atomic mass is 10.0. The average molecular weight is 317 g/mol. The summed E-state index contributed by atoms with van der Waals surface area (Å²) in [5.41, 5.74) is 1.70. The van der Waals surface area contributed by atoms with Crippen molar-refractivity contribution < 1.29 is 4.79 Å². The minimum atomic E-state index is -0.310. The molecule has 22 heavy (non-hydrogen) atoms. The maximum atomic E-state index is 12.8. The predicted molar refractivity (Wildman–Crippen MR) is 92.2 cm³/mol. The zero-order valence-corrected chi connectivity index (χ0v) is 13.7. The first-order valence-electron chi connectivity index (χ1n) is 7.51. The van der Waals surface area contributed by atoms with Crippen molar-refractivity contribution in [3.05, 3.63) is 65.2 Å². The van der Waals surface area contributed by atoms with E-state index >= 15 is 0 Å². The summed E-state index contributed by atoms with van der Waals surface area (Å²) in [6, 6.07) is 16.7. The molecule has 1 N–H and O–H groups in total.